The molecule has 2 aromatic carbocycles. The summed E-state index contributed by atoms with van der Waals surface area (Å²) in [6.45, 7) is 3.78. The summed E-state index contributed by atoms with van der Waals surface area (Å²) in [5.74, 6) is 0. The molecule has 0 aromatic heterocycles. The summed E-state index contributed by atoms with van der Waals surface area (Å²) in [6.07, 6.45) is 1.04. The van der Waals surface area contributed by atoms with Gasteiger partial charge in [0.2, 0.25) is 0 Å². The number of nitrogens with one attached hydrogen (secondary N) is 1. The van der Waals surface area contributed by atoms with Crippen molar-refractivity contribution in [3.05, 3.63) is 71.3 Å². The lowest BCUT2D eigenvalue weighted by molar-refractivity contribution is 0.167. The topological polar surface area (TPSA) is 21.3 Å². The van der Waals surface area contributed by atoms with Crippen molar-refractivity contribution in [2.45, 2.75) is 19.4 Å². The first kappa shape index (κ1) is 14.8. The third kappa shape index (κ3) is 4.48. The number of rotatable bonds is 7. The average Bonchev–Trinajstić information content (AvgIpc) is 2.47. The zero-order chi connectivity index (χ0) is 14.2. The molecule has 2 rings (SSSR count). The minimum Gasteiger partial charge on any atom is -0.383 e. The number of methoxy groups -OCH3 is 1. The molecule has 0 aliphatic rings. The second-order valence-corrected chi connectivity index (χ2v) is 5.11. The van der Waals surface area contributed by atoms with Crippen molar-refractivity contribution in [1.82, 2.24) is 5.32 Å². The number of benzene rings is 2. The fraction of sp³-hybridized carbons (Fsp3) is 0.333. The van der Waals surface area contributed by atoms with Crippen LogP contribution in [0.25, 0.3) is 0 Å². The lowest BCUT2D eigenvalue weighted by atomic mass is 10.1. The molecule has 0 bridgehead atoms. The second-order valence-electron chi connectivity index (χ2n) is 5.11. The fourth-order valence-electron chi connectivity index (χ4n) is 2.38. The lowest BCUT2D eigenvalue weighted by Gasteiger charge is -2.18. The summed E-state index contributed by atoms with van der Waals surface area (Å²) in [7, 11) is 1.75. The molecule has 0 saturated heterocycles. The molecular weight excluding hydrogens is 246 g/mol. The van der Waals surface area contributed by atoms with Crippen LogP contribution in [0.4, 0.5) is 0 Å². The molecule has 2 heteroatoms. The number of ether oxygens (including phenoxy) is 1. The van der Waals surface area contributed by atoms with Gasteiger partial charge in [-0.1, -0.05) is 60.2 Å². The predicted molar refractivity (Wildman–Crippen MR) is 83.9 cm³/mol. The van der Waals surface area contributed by atoms with Crippen molar-refractivity contribution in [3.63, 3.8) is 0 Å². The van der Waals surface area contributed by atoms with Crippen LogP contribution < -0.4 is 5.32 Å². The van der Waals surface area contributed by atoms with Gasteiger partial charge in [0.15, 0.2) is 0 Å². The van der Waals surface area contributed by atoms with Gasteiger partial charge in [-0.05, 0) is 31.0 Å². The smallest absolute Gasteiger partial charge is 0.0657 e. The molecule has 0 amide bonds. The van der Waals surface area contributed by atoms with Gasteiger partial charge in [0.05, 0.1) is 12.6 Å². The van der Waals surface area contributed by atoms with Gasteiger partial charge in [-0.3, -0.25) is 0 Å². The third-order valence-electron chi connectivity index (χ3n) is 3.42. The van der Waals surface area contributed by atoms with Crippen LogP contribution in [0.3, 0.4) is 0 Å². The van der Waals surface area contributed by atoms with Crippen LogP contribution in [0.15, 0.2) is 54.6 Å². The summed E-state index contributed by atoms with van der Waals surface area (Å²) < 4.78 is 5.32. The molecule has 0 saturated carbocycles. The van der Waals surface area contributed by atoms with Crippen molar-refractivity contribution >= 4 is 0 Å². The van der Waals surface area contributed by atoms with E-state index in [1.807, 2.05) is 6.07 Å². The molecule has 1 atom stereocenters. The monoisotopic (exact) mass is 269 g/mol. The molecule has 0 radical (unpaired) electrons. The summed E-state index contributed by atoms with van der Waals surface area (Å²) in [4.78, 5) is 0. The van der Waals surface area contributed by atoms with Gasteiger partial charge in [0, 0.05) is 7.11 Å². The van der Waals surface area contributed by atoms with Crippen molar-refractivity contribution < 1.29 is 4.74 Å². The predicted octanol–water partition coefficient (Wildman–Crippen LogP) is 3.51. The number of aryl methyl sites for hydroxylation is 1. The first-order chi connectivity index (χ1) is 9.79. The zero-order valence-electron chi connectivity index (χ0n) is 12.3. The van der Waals surface area contributed by atoms with E-state index >= 15 is 0 Å². The van der Waals surface area contributed by atoms with Crippen molar-refractivity contribution in [2.75, 3.05) is 20.3 Å². The maximum atomic E-state index is 5.32. The minimum atomic E-state index is 0.256. The highest BCUT2D eigenvalue weighted by atomic mass is 16.5. The Kier molecular flexibility index (Phi) is 5.78. The second kappa shape index (κ2) is 7.83. The van der Waals surface area contributed by atoms with E-state index in [1.165, 1.54) is 16.7 Å². The summed E-state index contributed by atoms with van der Waals surface area (Å²) in [5.41, 5.74) is 3.97. The van der Waals surface area contributed by atoms with E-state index in [-0.39, 0.29) is 6.04 Å². The third-order valence-corrected chi connectivity index (χ3v) is 3.42. The molecule has 0 heterocycles. The van der Waals surface area contributed by atoms with Crippen LogP contribution in [0, 0.1) is 6.92 Å². The van der Waals surface area contributed by atoms with Gasteiger partial charge in [-0.2, -0.15) is 0 Å². The molecule has 1 N–H and O–H groups in total. The molecule has 20 heavy (non-hydrogen) atoms. The fourth-order valence-corrected chi connectivity index (χ4v) is 2.38. The van der Waals surface area contributed by atoms with Gasteiger partial charge in [0.25, 0.3) is 0 Å². The zero-order valence-corrected chi connectivity index (χ0v) is 12.3. The Morgan fingerprint density at radius 1 is 1.05 bits per heavy atom. The molecule has 0 aliphatic heterocycles. The van der Waals surface area contributed by atoms with Crippen LogP contribution >= 0.6 is 0 Å². The first-order valence-electron chi connectivity index (χ1n) is 7.12. The molecular formula is C18H23NO. The molecule has 0 fully saturated rings. The Morgan fingerprint density at radius 2 is 1.85 bits per heavy atom. The molecule has 106 valence electrons. The Hall–Kier alpha value is -1.64. The first-order valence-corrected chi connectivity index (χ1v) is 7.12. The highest BCUT2D eigenvalue weighted by molar-refractivity contribution is 5.23. The van der Waals surface area contributed by atoms with Crippen LogP contribution in [0.2, 0.25) is 0 Å². The van der Waals surface area contributed by atoms with Crippen molar-refractivity contribution in [2.24, 2.45) is 0 Å². The van der Waals surface area contributed by atoms with E-state index < -0.39 is 0 Å². The van der Waals surface area contributed by atoms with Gasteiger partial charge in [-0.15, -0.1) is 0 Å². The highest BCUT2D eigenvalue weighted by Crippen LogP contribution is 2.13. The molecule has 1 unspecified atom stereocenters. The number of hydrogen-bond donors (Lipinski definition) is 1. The van der Waals surface area contributed by atoms with E-state index in [0.29, 0.717) is 6.61 Å². The van der Waals surface area contributed by atoms with E-state index in [9.17, 15) is 0 Å². The Balaban J connectivity index is 1.90. The average molecular weight is 269 g/mol. The molecule has 0 aliphatic carbocycles. The summed E-state index contributed by atoms with van der Waals surface area (Å²) in [6, 6.07) is 19.4. The van der Waals surface area contributed by atoms with E-state index in [0.717, 1.165) is 13.0 Å². The van der Waals surface area contributed by atoms with E-state index in [4.69, 9.17) is 4.74 Å². The largest absolute Gasteiger partial charge is 0.383 e. The van der Waals surface area contributed by atoms with E-state index in [2.05, 4.69) is 60.8 Å². The van der Waals surface area contributed by atoms with Gasteiger partial charge < -0.3 is 10.1 Å². The Labute approximate surface area is 121 Å². The normalized spacial score (nSPS) is 12.3. The number of hydrogen-bond acceptors (Lipinski definition) is 2. The quantitative estimate of drug-likeness (QED) is 0.830. The van der Waals surface area contributed by atoms with Crippen molar-refractivity contribution in [3.8, 4) is 0 Å². The van der Waals surface area contributed by atoms with Gasteiger partial charge >= 0.3 is 0 Å². The van der Waals surface area contributed by atoms with Gasteiger partial charge in [0.1, 0.15) is 0 Å². The Bertz CT molecular complexity index is 510. The van der Waals surface area contributed by atoms with Gasteiger partial charge in [-0.25, -0.2) is 0 Å². The van der Waals surface area contributed by atoms with Crippen molar-refractivity contribution in [1.29, 1.82) is 0 Å². The lowest BCUT2D eigenvalue weighted by Crippen LogP contribution is -2.27. The van der Waals surface area contributed by atoms with Crippen LogP contribution in [0.5, 0.6) is 0 Å². The maximum absolute atomic E-state index is 5.32. The summed E-state index contributed by atoms with van der Waals surface area (Å²) in [5, 5.41) is 3.58. The summed E-state index contributed by atoms with van der Waals surface area (Å²) >= 11 is 0. The Morgan fingerprint density at radius 3 is 2.55 bits per heavy atom. The highest BCUT2D eigenvalue weighted by Gasteiger charge is 2.09. The van der Waals surface area contributed by atoms with Crippen LogP contribution in [-0.4, -0.2) is 20.3 Å². The van der Waals surface area contributed by atoms with E-state index in [1.54, 1.807) is 7.11 Å². The SMILES string of the molecule is COCC(NCCc1cccc(C)c1)c1ccccc1. The maximum Gasteiger partial charge on any atom is 0.0657 e. The molecule has 0 spiro atoms. The van der Waals surface area contributed by atoms with Crippen LogP contribution in [0.1, 0.15) is 22.7 Å². The molecule has 2 aromatic rings. The molecule has 2 nitrogen and oxygen atoms in total. The minimum absolute atomic E-state index is 0.256. The standard InChI is InChI=1S/C18H23NO/c1-15-7-6-8-16(13-15)11-12-19-18(14-20-2)17-9-4-3-5-10-17/h3-10,13,18-19H,11-12,14H2,1-2H3. The van der Waals surface area contributed by atoms with Crippen LogP contribution in [-0.2, 0) is 11.2 Å².